The van der Waals surface area contributed by atoms with Crippen LogP contribution in [0.25, 0.3) is 10.1 Å². The Hall–Kier alpha value is -2.20. The molecule has 20 heavy (non-hydrogen) atoms. The van der Waals surface area contributed by atoms with Gasteiger partial charge in [-0.25, -0.2) is 0 Å². The second-order valence-electron chi connectivity index (χ2n) is 4.40. The lowest BCUT2D eigenvalue weighted by Gasteiger charge is -2.05. The number of ether oxygens (including phenoxy) is 2. The SMILES string of the molecule is COc1ccc(OCc2cc3cc(O)ccc3s2)cc1. The van der Waals surface area contributed by atoms with Gasteiger partial charge in [-0.1, -0.05) is 0 Å². The summed E-state index contributed by atoms with van der Waals surface area (Å²) in [6.45, 7) is 0.520. The van der Waals surface area contributed by atoms with Crippen LogP contribution in [-0.4, -0.2) is 12.2 Å². The highest BCUT2D eigenvalue weighted by Gasteiger charge is 2.04. The topological polar surface area (TPSA) is 38.7 Å². The van der Waals surface area contributed by atoms with Crippen LogP contribution in [0, 0.1) is 0 Å². The molecule has 1 N–H and O–H groups in total. The molecule has 102 valence electrons. The van der Waals surface area contributed by atoms with Gasteiger partial charge in [0.25, 0.3) is 0 Å². The molecule has 3 nitrogen and oxygen atoms in total. The van der Waals surface area contributed by atoms with Crippen molar-refractivity contribution < 1.29 is 14.6 Å². The Balaban J connectivity index is 1.72. The van der Waals surface area contributed by atoms with Crippen LogP contribution in [0.3, 0.4) is 0 Å². The normalized spacial score (nSPS) is 10.7. The number of rotatable bonds is 4. The average Bonchev–Trinajstić information content (AvgIpc) is 2.87. The van der Waals surface area contributed by atoms with Gasteiger partial charge < -0.3 is 14.6 Å². The molecule has 0 bridgehead atoms. The molecule has 4 heteroatoms. The average molecular weight is 286 g/mol. The zero-order valence-corrected chi connectivity index (χ0v) is 11.8. The van der Waals surface area contributed by atoms with Gasteiger partial charge in [0.2, 0.25) is 0 Å². The van der Waals surface area contributed by atoms with Crippen molar-refractivity contribution in [3.63, 3.8) is 0 Å². The number of benzene rings is 2. The predicted molar refractivity (Wildman–Crippen MR) is 80.8 cm³/mol. The summed E-state index contributed by atoms with van der Waals surface area (Å²) in [5.74, 6) is 1.92. The third-order valence-electron chi connectivity index (χ3n) is 2.99. The van der Waals surface area contributed by atoms with Crippen LogP contribution in [-0.2, 0) is 6.61 Å². The lowest BCUT2D eigenvalue weighted by Crippen LogP contribution is -1.92. The van der Waals surface area contributed by atoms with E-state index in [1.165, 1.54) is 0 Å². The first kappa shape index (κ1) is 12.8. The van der Waals surface area contributed by atoms with Crippen LogP contribution < -0.4 is 9.47 Å². The summed E-state index contributed by atoms with van der Waals surface area (Å²) in [6.07, 6.45) is 0. The molecule has 0 saturated heterocycles. The third-order valence-corrected chi connectivity index (χ3v) is 4.08. The van der Waals surface area contributed by atoms with Gasteiger partial charge in [0.1, 0.15) is 23.9 Å². The number of fused-ring (bicyclic) bond motifs is 1. The van der Waals surface area contributed by atoms with Crippen LogP contribution in [0.1, 0.15) is 4.88 Å². The van der Waals surface area contributed by atoms with E-state index in [1.807, 2.05) is 36.4 Å². The van der Waals surface area contributed by atoms with E-state index in [0.29, 0.717) is 6.61 Å². The smallest absolute Gasteiger partial charge is 0.122 e. The lowest BCUT2D eigenvalue weighted by atomic mass is 10.2. The first-order valence-corrected chi connectivity index (χ1v) is 7.04. The maximum Gasteiger partial charge on any atom is 0.122 e. The van der Waals surface area contributed by atoms with Gasteiger partial charge in [0.05, 0.1) is 7.11 Å². The molecular weight excluding hydrogens is 272 g/mol. The minimum atomic E-state index is 0.290. The standard InChI is InChI=1S/C16H14O3S/c1-18-13-3-5-14(6-4-13)19-10-15-9-11-8-12(17)2-7-16(11)20-15/h2-9,17H,10H2,1H3. The van der Waals surface area contributed by atoms with Gasteiger partial charge in [0.15, 0.2) is 0 Å². The van der Waals surface area contributed by atoms with Gasteiger partial charge in [-0.2, -0.15) is 0 Å². The molecule has 1 aromatic heterocycles. The largest absolute Gasteiger partial charge is 0.508 e. The van der Waals surface area contributed by atoms with Gasteiger partial charge >= 0.3 is 0 Å². The molecule has 0 aliphatic heterocycles. The summed E-state index contributed by atoms with van der Waals surface area (Å²) >= 11 is 1.67. The molecule has 0 unspecified atom stereocenters. The van der Waals surface area contributed by atoms with Gasteiger partial charge in [-0.15, -0.1) is 11.3 Å². The fourth-order valence-corrected chi connectivity index (χ4v) is 2.94. The molecule has 3 rings (SSSR count). The van der Waals surface area contributed by atoms with Crippen molar-refractivity contribution in [2.45, 2.75) is 6.61 Å². The van der Waals surface area contributed by atoms with Crippen molar-refractivity contribution in [3.05, 3.63) is 53.4 Å². The van der Waals surface area contributed by atoms with E-state index in [2.05, 4.69) is 0 Å². The summed E-state index contributed by atoms with van der Waals surface area (Å²) in [7, 11) is 1.64. The van der Waals surface area contributed by atoms with Crippen molar-refractivity contribution in [1.29, 1.82) is 0 Å². The van der Waals surface area contributed by atoms with Crippen molar-refractivity contribution in [1.82, 2.24) is 0 Å². The van der Waals surface area contributed by atoms with E-state index in [-0.39, 0.29) is 5.75 Å². The Morgan fingerprint density at radius 1 is 1.00 bits per heavy atom. The Bertz CT molecular complexity index is 716. The zero-order chi connectivity index (χ0) is 13.9. The Morgan fingerprint density at radius 3 is 2.50 bits per heavy atom. The molecule has 0 fully saturated rings. The van der Waals surface area contributed by atoms with Crippen LogP contribution >= 0.6 is 11.3 Å². The minimum Gasteiger partial charge on any atom is -0.508 e. The minimum absolute atomic E-state index is 0.290. The van der Waals surface area contributed by atoms with Crippen LogP contribution in [0.2, 0.25) is 0 Å². The van der Waals surface area contributed by atoms with Crippen molar-refractivity contribution >= 4 is 21.4 Å². The van der Waals surface area contributed by atoms with Crippen molar-refractivity contribution in [2.75, 3.05) is 7.11 Å². The first-order valence-electron chi connectivity index (χ1n) is 6.23. The molecule has 2 aromatic carbocycles. The monoisotopic (exact) mass is 286 g/mol. The number of phenols is 1. The first-order chi connectivity index (χ1) is 9.74. The molecular formula is C16H14O3S. The number of phenolic OH excluding ortho intramolecular Hbond substituents is 1. The van der Waals surface area contributed by atoms with E-state index in [9.17, 15) is 5.11 Å². The fraction of sp³-hybridized carbons (Fsp3) is 0.125. The van der Waals surface area contributed by atoms with E-state index >= 15 is 0 Å². The summed E-state index contributed by atoms with van der Waals surface area (Å²) in [5.41, 5.74) is 0. The molecule has 0 amide bonds. The fourth-order valence-electron chi connectivity index (χ4n) is 1.98. The highest BCUT2D eigenvalue weighted by atomic mass is 32.1. The van der Waals surface area contributed by atoms with Crippen molar-refractivity contribution in [3.8, 4) is 17.2 Å². The molecule has 0 saturated carbocycles. The Labute approximate surface area is 121 Å². The summed E-state index contributed by atoms with van der Waals surface area (Å²) in [5, 5.41) is 10.5. The number of hydrogen-bond donors (Lipinski definition) is 1. The molecule has 3 aromatic rings. The molecule has 0 aliphatic carbocycles. The highest BCUT2D eigenvalue weighted by Crippen LogP contribution is 2.29. The summed E-state index contributed by atoms with van der Waals surface area (Å²) in [6, 6.07) is 15.0. The number of hydrogen-bond acceptors (Lipinski definition) is 4. The second kappa shape index (κ2) is 5.43. The van der Waals surface area contributed by atoms with E-state index in [4.69, 9.17) is 9.47 Å². The van der Waals surface area contributed by atoms with Crippen LogP contribution in [0.15, 0.2) is 48.5 Å². The Kier molecular flexibility index (Phi) is 3.48. The van der Waals surface area contributed by atoms with Gasteiger partial charge in [-0.3, -0.25) is 0 Å². The maximum absolute atomic E-state index is 9.46. The van der Waals surface area contributed by atoms with Crippen LogP contribution in [0.5, 0.6) is 17.2 Å². The highest BCUT2D eigenvalue weighted by molar-refractivity contribution is 7.19. The predicted octanol–water partition coefficient (Wildman–Crippen LogP) is 4.19. The lowest BCUT2D eigenvalue weighted by molar-refractivity contribution is 0.309. The van der Waals surface area contributed by atoms with Gasteiger partial charge in [-0.05, 0) is 53.9 Å². The van der Waals surface area contributed by atoms with E-state index in [0.717, 1.165) is 26.5 Å². The third kappa shape index (κ3) is 2.70. The molecule has 1 heterocycles. The molecule has 0 spiro atoms. The van der Waals surface area contributed by atoms with Crippen LogP contribution in [0.4, 0.5) is 0 Å². The molecule has 0 radical (unpaired) electrons. The Morgan fingerprint density at radius 2 is 1.75 bits per heavy atom. The van der Waals surface area contributed by atoms with Crippen molar-refractivity contribution in [2.24, 2.45) is 0 Å². The summed E-state index contributed by atoms with van der Waals surface area (Å²) < 4.78 is 12.0. The second-order valence-corrected chi connectivity index (χ2v) is 5.57. The maximum atomic E-state index is 9.46. The van der Waals surface area contributed by atoms with E-state index < -0.39 is 0 Å². The zero-order valence-electron chi connectivity index (χ0n) is 11.0. The number of thiophene rings is 1. The van der Waals surface area contributed by atoms with E-state index in [1.54, 1.807) is 30.6 Å². The number of methoxy groups -OCH3 is 1. The summed E-state index contributed by atoms with van der Waals surface area (Å²) in [4.78, 5) is 1.13. The molecule has 0 atom stereocenters. The molecule has 0 aliphatic rings. The quantitative estimate of drug-likeness (QED) is 0.781. The van der Waals surface area contributed by atoms with Gasteiger partial charge in [0, 0.05) is 9.58 Å². The number of aromatic hydroxyl groups is 1.